The van der Waals surface area contributed by atoms with Crippen molar-refractivity contribution in [1.29, 1.82) is 0 Å². The molecule has 0 fully saturated rings. The molecule has 10 aromatic carbocycles. The highest BCUT2D eigenvalue weighted by molar-refractivity contribution is 6.20. The molecule has 0 aliphatic carbocycles. The molecule has 0 spiro atoms. The zero-order valence-corrected chi connectivity index (χ0v) is 29.7. The number of benzene rings is 10. The number of hydrogen-bond acceptors (Lipinski definition) is 2. The summed E-state index contributed by atoms with van der Waals surface area (Å²) in [5.41, 5.74) is 13.2. The van der Waals surface area contributed by atoms with Crippen molar-refractivity contribution >= 4 is 76.5 Å². The molecule has 0 bridgehead atoms. The molecule has 0 amide bonds. The number of hydrogen-bond donors (Lipinski definition) is 1. The van der Waals surface area contributed by atoms with E-state index < -0.39 is 0 Å². The van der Waals surface area contributed by atoms with Crippen molar-refractivity contribution in [3.8, 4) is 11.1 Å². The highest BCUT2D eigenvalue weighted by Crippen LogP contribution is 2.39. The van der Waals surface area contributed by atoms with Gasteiger partial charge < -0.3 is 5.73 Å². The Morgan fingerprint density at radius 1 is 0.426 bits per heavy atom. The predicted octanol–water partition coefficient (Wildman–Crippen LogP) is 13.4. The van der Waals surface area contributed by atoms with Gasteiger partial charge in [0.25, 0.3) is 0 Å². The lowest BCUT2D eigenvalue weighted by molar-refractivity contribution is 0.911. The molecular weight excluding hydrogens is 653 g/mol. The van der Waals surface area contributed by atoms with Crippen LogP contribution in [0.2, 0.25) is 0 Å². The summed E-state index contributed by atoms with van der Waals surface area (Å²) >= 11 is 0. The Balaban J connectivity index is 1.05. The van der Waals surface area contributed by atoms with Crippen molar-refractivity contribution in [2.75, 3.05) is 0 Å². The fraction of sp³-hybridized carbons (Fsp3) is 0.0192. The van der Waals surface area contributed by atoms with Crippen LogP contribution in [0.25, 0.3) is 81.5 Å². The second kappa shape index (κ2) is 13.3. The van der Waals surface area contributed by atoms with E-state index in [4.69, 9.17) is 10.7 Å². The first kappa shape index (κ1) is 31.8. The molecule has 0 aliphatic rings. The lowest BCUT2D eigenvalue weighted by Gasteiger charge is -2.14. The fourth-order valence-corrected chi connectivity index (χ4v) is 8.15. The molecule has 54 heavy (non-hydrogen) atoms. The Kier molecular flexibility index (Phi) is 7.83. The average molecular weight is 689 g/mol. The van der Waals surface area contributed by atoms with Crippen molar-refractivity contribution in [3.05, 3.63) is 211 Å². The highest BCUT2D eigenvalue weighted by atomic mass is 14.7. The minimum absolute atomic E-state index is 0.310. The van der Waals surface area contributed by atoms with Crippen LogP contribution in [0.4, 0.5) is 0 Å². The summed E-state index contributed by atoms with van der Waals surface area (Å²) in [5, 5.41) is 15.0. The highest BCUT2D eigenvalue weighted by Gasteiger charge is 2.13. The quantitative estimate of drug-likeness (QED) is 0.105. The van der Waals surface area contributed by atoms with Crippen LogP contribution in [0.3, 0.4) is 0 Å². The van der Waals surface area contributed by atoms with E-state index in [9.17, 15) is 0 Å². The van der Waals surface area contributed by atoms with Gasteiger partial charge in [-0.1, -0.05) is 176 Å². The molecule has 0 radical (unpaired) electrons. The minimum Gasteiger partial charge on any atom is -0.321 e. The van der Waals surface area contributed by atoms with Crippen LogP contribution in [0, 0.1) is 0 Å². The van der Waals surface area contributed by atoms with Crippen LogP contribution in [-0.4, -0.2) is 6.21 Å². The molecule has 0 heterocycles. The van der Waals surface area contributed by atoms with Crippen molar-refractivity contribution in [1.82, 2.24) is 0 Å². The summed E-state index contributed by atoms with van der Waals surface area (Å²) < 4.78 is 0. The second-order valence-electron chi connectivity index (χ2n) is 14.1. The first-order valence-electron chi connectivity index (χ1n) is 18.5. The van der Waals surface area contributed by atoms with Gasteiger partial charge in [0.1, 0.15) is 0 Å². The first-order valence-corrected chi connectivity index (χ1v) is 18.5. The molecule has 254 valence electrons. The number of nitrogens with two attached hydrogens (primary N) is 1. The Hall–Kier alpha value is -6.87. The smallest absolute Gasteiger partial charge is 0.0681 e. The van der Waals surface area contributed by atoms with E-state index in [0.717, 1.165) is 22.4 Å². The van der Waals surface area contributed by atoms with Crippen LogP contribution in [0.5, 0.6) is 0 Å². The second-order valence-corrected chi connectivity index (χ2v) is 14.1. The third-order valence-electron chi connectivity index (χ3n) is 10.9. The summed E-state index contributed by atoms with van der Waals surface area (Å²) in [4.78, 5) is 5.13. The van der Waals surface area contributed by atoms with Crippen molar-refractivity contribution in [2.45, 2.75) is 6.04 Å². The summed E-state index contributed by atoms with van der Waals surface area (Å²) in [6.45, 7) is 0. The van der Waals surface area contributed by atoms with E-state index >= 15 is 0 Å². The Morgan fingerprint density at radius 3 is 1.69 bits per heavy atom. The Bertz CT molecular complexity index is 3100. The first-order chi connectivity index (χ1) is 26.7. The monoisotopic (exact) mass is 688 g/mol. The van der Waals surface area contributed by atoms with Crippen LogP contribution >= 0.6 is 0 Å². The van der Waals surface area contributed by atoms with Gasteiger partial charge in [0, 0.05) is 11.8 Å². The van der Waals surface area contributed by atoms with Crippen molar-refractivity contribution in [2.24, 2.45) is 10.7 Å². The number of fused-ring (bicyclic) bond motifs is 9. The molecule has 1 unspecified atom stereocenters. The van der Waals surface area contributed by atoms with Gasteiger partial charge in [0.05, 0.1) is 11.7 Å². The number of aliphatic imine (C=N–C) groups is 1. The summed E-state index contributed by atoms with van der Waals surface area (Å²) in [7, 11) is 0. The zero-order valence-electron chi connectivity index (χ0n) is 29.7. The van der Waals surface area contributed by atoms with E-state index in [1.165, 1.54) is 75.8 Å². The molecule has 0 saturated heterocycles. The molecule has 2 heteroatoms. The van der Waals surface area contributed by atoms with Crippen molar-refractivity contribution in [3.63, 3.8) is 0 Å². The van der Waals surface area contributed by atoms with Gasteiger partial charge in [-0.25, -0.2) is 0 Å². The van der Waals surface area contributed by atoms with Gasteiger partial charge in [-0.05, 0) is 105 Å². The van der Waals surface area contributed by atoms with E-state index in [1.54, 1.807) is 0 Å². The maximum atomic E-state index is 6.80. The normalized spacial score (nSPS) is 12.9. The van der Waals surface area contributed by atoms with Gasteiger partial charge >= 0.3 is 0 Å². The fourth-order valence-electron chi connectivity index (χ4n) is 8.15. The number of nitrogens with zero attached hydrogens (tertiary/aromatic N) is 1. The summed E-state index contributed by atoms with van der Waals surface area (Å²) in [6.07, 6.45) is 4.03. The predicted molar refractivity (Wildman–Crippen MR) is 232 cm³/mol. The average Bonchev–Trinajstić information content (AvgIpc) is 3.24. The van der Waals surface area contributed by atoms with Gasteiger partial charge in [0.15, 0.2) is 0 Å². The van der Waals surface area contributed by atoms with Gasteiger partial charge in [-0.3, -0.25) is 4.99 Å². The minimum atomic E-state index is -0.310. The lowest BCUT2D eigenvalue weighted by Crippen LogP contribution is -2.07. The topological polar surface area (TPSA) is 38.4 Å². The van der Waals surface area contributed by atoms with Crippen LogP contribution in [0.1, 0.15) is 22.7 Å². The molecule has 2 nitrogen and oxygen atoms in total. The van der Waals surface area contributed by atoms with E-state index in [0.29, 0.717) is 0 Å². The molecular formula is C52H36N2. The third-order valence-corrected chi connectivity index (χ3v) is 10.9. The summed E-state index contributed by atoms with van der Waals surface area (Å²) in [6, 6.07) is 67.0. The van der Waals surface area contributed by atoms with Crippen LogP contribution in [0.15, 0.2) is 199 Å². The van der Waals surface area contributed by atoms with Gasteiger partial charge in [0.2, 0.25) is 0 Å². The molecule has 1 atom stereocenters. The molecule has 2 N–H and O–H groups in total. The zero-order chi connectivity index (χ0) is 36.0. The summed E-state index contributed by atoms with van der Waals surface area (Å²) in [5.74, 6) is 0. The molecule has 10 aromatic rings. The molecule has 0 aliphatic heterocycles. The Labute approximate surface area is 314 Å². The van der Waals surface area contributed by atoms with E-state index in [1.807, 2.05) is 24.4 Å². The third kappa shape index (κ3) is 5.61. The maximum absolute atomic E-state index is 6.80. The van der Waals surface area contributed by atoms with E-state index in [-0.39, 0.29) is 6.04 Å². The Morgan fingerprint density at radius 2 is 0.963 bits per heavy atom. The van der Waals surface area contributed by atoms with Crippen molar-refractivity contribution < 1.29 is 0 Å². The SMILES string of the molecule is NC(/C=C(\N=Cc1ccc(-c2c3ccccc3cc3c2ccc2ccccc23)cc1)c1ccc2c(ccc3c4ccccc4ccc23)c1)c1ccccc1. The maximum Gasteiger partial charge on any atom is 0.0681 e. The van der Waals surface area contributed by atoms with Crippen LogP contribution in [-0.2, 0) is 0 Å². The number of rotatable bonds is 6. The molecule has 0 saturated carbocycles. The molecule has 0 aromatic heterocycles. The largest absolute Gasteiger partial charge is 0.321 e. The van der Waals surface area contributed by atoms with E-state index in [2.05, 4.69) is 176 Å². The van der Waals surface area contributed by atoms with Crippen LogP contribution < -0.4 is 5.73 Å². The molecule has 10 rings (SSSR count). The van der Waals surface area contributed by atoms with Gasteiger partial charge in [-0.15, -0.1) is 0 Å². The van der Waals surface area contributed by atoms with Gasteiger partial charge in [-0.2, -0.15) is 0 Å². The standard InChI is InChI=1S/C52H36N2/c53-50(37-12-2-1-3-13-37)32-51(41-25-26-44-40(30-41)24-28-46-42-15-7-4-10-35(42)22-27-47(44)46)54-33-34-18-20-38(21-19-34)52-45-17-9-6-14-39(45)31-49-43-16-8-5-11-36(43)23-29-48(49)52/h1-33,50H,53H2/b51-32-,54-33?. The lowest BCUT2D eigenvalue weighted by atomic mass is 9.89.